The van der Waals surface area contributed by atoms with E-state index in [1.54, 1.807) is 0 Å². The van der Waals surface area contributed by atoms with E-state index in [1.807, 2.05) is 12.5 Å². The minimum Gasteiger partial charge on any atom is -0.378 e. The molecular formula is C12H22N2O. The molecule has 1 heterocycles. The smallest absolute Gasteiger partial charge is 0.0953 e. The highest BCUT2D eigenvalue weighted by molar-refractivity contribution is 5.02. The van der Waals surface area contributed by atoms with Gasteiger partial charge >= 0.3 is 0 Å². The maximum atomic E-state index is 5.54. The standard InChI is InChI=1S/C12H22N2O/c1-10(2)15-7-6-11-8-13-9-14(11)12(3,4)5/h8-10H,6-7H2,1-5H3. The largest absolute Gasteiger partial charge is 0.378 e. The van der Waals surface area contributed by atoms with Crippen LogP contribution in [0.15, 0.2) is 12.5 Å². The highest BCUT2D eigenvalue weighted by Gasteiger charge is 2.15. The van der Waals surface area contributed by atoms with E-state index >= 15 is 0 Å². The van der Waals surface area contributed by atoms with Crippen LogP contribution in [-0.2, 0) is 16.7 Å². The van der Waals surface area contributed by atoms with Crippen LogP contribution in [0.25, 0.3) is 0 Å². The molecule has 15 heavy (non-hydrogen) atoms. The van der Waals surface area contributed by atoms with Gasteiger partial charge in [0.25, 0.3) is 0 Å². The van der Waals surface area contributed by atoms with Gasteiger partial charge in [-0.3, -0.25) is 0 Å². The van der Waals surface area contributed by atoms with E-state index in [1.165, 1.54) is 5.69 Å². The summed E-state index contributed by atoms with van der Waals surface area (Å²) in [5, 5.41) is 0. The first-order chi connectivity index (χ1) is 6.91. The van der Waals surface area contributed by atoms with Gasteiger partial charge in [-0.05, 0) is 34.6 Å². The molecule has 0 amide bonds. The lowest BCUT2D eigenvalue weighted by Crippen LogP contribution is -2.23. The molecule has 1 aromatic heterocycles. The number of rotatable bonds is 4. The van der Waals surface area contributed by atoms with Crippen LogP contribution in [0, 0.1) is 0 Å². The van der Waals surface area contributed by atoms with Crippen LogP contribution < -0.4 is 0 Å². The molecule has 1 rings (SSSR count). The quantitative estimate of drug-likeness (QED) is 0.764. The molecule has 0 saturated heterocycles. The molecular weight excluding hydrogens is 188 g/mol. The Morgan fingerprint density at radius 2 is 2.07 bits per heavy atom. The number of aromatic nitrogens is 2. The maximum absolute atomic E-state index is 5.54. The third kappa shape index (κ3) is 3.67. The average molecular weight is 210 g/mol. The second-order valence-electron chi connectivity index (χ2n) is 5.10. The molecule has 0 spiro atoms. The van der Waals surface area contributed by atoms with Gasteiger partial charge in [-0.2, -0.15) is 0 Å². The average Bonchev–Trinajstić information content (AvgIpc) is 2.50. The summed E-state index contributed by atoms with van der Waals surface area (Å²) in [4.78, 5) is 4.19. The Labute approximate surface area is 92.5 Å². The molecule has 0 aliphatic rings. The van der Waals surface area contributed by atoms with E-state index in [2.05, 4.69) is 44.2 Å². The lowest BCUT2D eigenvalue weighted by molar-refractivity contribution is 0.0800. The summed E-state index contributed by atoms with van der Waals surface area (Å²) in [7, 11) is 0. The molecule has 0 unspecified atom stereocenters. The predicted molar refractivity (Wildman–Crippen MR) is 62.0 cm³/mol. The van der Waals surface area contributed by atoms with Crippen molar-refractivity contribution in [3.8, 4) is 0 Å². The van der Waals surface area contributed by atoms with Crippen LogP contribution in [0.4, 0.5) is 0 Å². The van der Waals surface area contributed by atoms with Crippen molar-refractivity contribution in [3.63, 3.8) is 0 Å². The maximum Gasteiger partial charge on any atom is 0.0953 e. The third-order valence-electron chi connectivity index (χ3n) is 2.25. The fourth-order valence-corrected chi connectivity index (χ4v) is 1.51. The van der Waals surface area contributed by atoms with Crippen molar-refractivity contribution >= 4 is 0 Å². The Bertz CT molecular complexity index is 297. The molecule has 86 valence electrons. The monoisotopic (exact) mass is 210 g/mol. The van der Waals surface area contributed by atoms with Crippen molar-refractivity contribution < 1.29 is 4.74 Å². The van der Waals surface area contributed by atoms with Crippen LogP contribution in [0.1, 0.15) is 40.3 Å². The topological polar surface area (TPSA) is 27.1 Å². The van der Waals surface area contributed by atoms with Crippen molar-refractivity contribution in [1.82, 2.24) is 9.55 Å². The van der Waals surface area contributed by atoms with Gasteiger partial charge < -0.3 is 9.30 Å². The van der Waals surface area contributed by atoms with E-state index in [0.29, 0.717) is 6.10 Å². The van der Waals surface area contributed by atoms with Crippen molar-refractivity contribution in [2.45, 2.75) is 52.7 Å². The minimum atomic E-state index is 0.101. The lowest BCUT2D eigenvalue weighted by Gasteiger charge is -2.23. The van der Waals surface area contributed by atoms with Gasteiger partial charge in [-0.1, -0.05) is 0 Å². The summed E-state index contributed by atoms with van der Waals surface area (Å²) in [6.07, 6.45) is 5.05. The third-order valence-corrected chi connectivity index (χ3v) is 2.25. The van der Waals surface area contributed by atoms with Crippen LogP contribution in [-0.4, -0.2) is 22.3 Å². The molecule has 0 aromatic carbocycles. The minimum absolute atomic E-state index is 0.101. The SMILES string of the molecule is CC(C)OCCc1cncn1C(C)(C)C. The number of imidazole rings is 1. The molecule has 0 radical (unpaired) electrons. The zero-order chi connectivity index (χ0) is 11.5. The molecule has 0 aliphatic carbocycles. The van der Waals surface area contributed by atoms with Gasteiger partial charge in [0.05, 0.1) is 19.0 Å². The predicted octanol–water partition coefficient (Wildman–Crippen LogP) is 2.61. The van der Waals surface area contributed by atoms with Crippen LogP contribution in [0.5, 0.6) is 0 Å². The highest BCUT2D eigenvalue weighted by atomic mass is 16.5. The number of hydrogen-bond donors (Lipinski definition) is 0. The normalized spacial score (nSPS) is 12.4. The first kappa shape index (κ1) is 12.2. The van der Waals surface area contributed by atoms with Gasteiger partial charge in [0.1, 0.15) is 0 Å². The highest BCUT2D eigenvalue weighted by Crippen LogP contribution is 2.16. The molecule has 3 nitrogen and oxygen atoms in total. The van der Waals surface area contributed by atoms with Crippen molar-refractivity contribution in [3.05, 3.63) is 18.2 Å². The number of ether oxygens (including phenoxy) is 1. The van der Waals surface area contributed by atoms with E-state index in [-0.39, 0.29) is 5.54 Å². The summed E-state index contributed by atoms with van der Waals surface area (Å²) in [5.74, 6) is 0. The van der Waals surface area contributed by atoms with Crippen LogP contribution >= 0.6 is 0 Å². The molecule has 0 saturated carbocycles. The Morgan fingerprint density at radius 1 is 1.40 bits per heavy atom. The molecule has 0 atom stereocenters. The Hall–Kier alpha value is -0.830. The molecule has 0 aliphatic heterocycles. The first-order valence-corrected chi connectivity index (χ1v) is 5.54. The lowest BCUT2D eigenvalue weighted by atomic mass is 10.1. The van der Waals surface area contributed by atoms with E-state index in [9.17, 15) is 0 Å². The van der Waals surface area contributed by atoms with Gasteiger partial charge in [-0.15, -0.1) is 0 Å². The van der Waals surface area contributed by atoms with Gasteiger partial charge in [0.2, 0.25) is 0 Å². The fraction of sp³-hybridized carbons (Fsp3) is 0.750. The summed E-state index contributed by atoms with van der Waals surface area (Å²) in [5.41, 5.74) is 1.34. The van der Waals surface area contributed by atoms with E-state index in [0.717, 1.165) is 13.0 Å². The van der Waals surface area contributed by atoms with Crippen molar-refractivity contribution in [2.75, 3.05) is 6.61 Å². The second kappa shape index (κ2) is 4.79. The van der Waals surface area contributed by atoms with Gasteiger partial charge in [0.15, 0.2) is 0 Å². The molecule has 1 aromatic rings. The Kier molecular flexibility index (Phi) is 3.91. The molecule has 3 heteroatoms. The Balaban J connectivity index is 2.58. The number of hydrogen-bond acceptors (Lipinski definition) is 2. The van der Waals surface area contributed by atoms with Crippen molar-refractivity contribution in [1.29, 1.82) is 0 Å². The number of nitrogens with zero attached hydrogens (tertiary/aromatic N) is 2. The molecule has 0 fully saturated rings. The molecule has 0 N–H and O–H groups in total. The second-order valence-corrected chi connectivity index (χ2v) is 5.10. The van der Waals surface area contributed by atoms with E-state index in [4.69, 9.17) is 4.74 Å². The van der Waals surface area contributed by atoms with E-state index < -0.39 is 0 Å². The summed E-state index contributed by atoms with van der Waals surface area (Å²) in [6, 6.07) is 0. The summed E-state index contributed by atoms with van der Waals surface area (Å²) < 4.78 is 7.75. The van der Waals surface area contributed by atoms with Crippen molar-refractivity contribution in [2.24, 2.45) is 0 Å². The molecule has 0 bridgehead atoms. The van der Waals surface area contributed by atoms with Gasteiger partial charge in [0, 0.05) is 23.9 Å². The zero-order valence-electron chi connectivity index (χ0n) is 10.4. The first-order valence-electron chi connectivity index (χ1n) is 5.54. The van der Waals surface area contributed by atoms with Gasteiger partial charge in [-0.25, -0.2) is 4.98 Å². The van der Waals surface area contributed by atoms with Crippen LogP contribution in [0.3, 0.4) is 0 Å². The fourth-order valence-electron chi connectivity index (χ4n) is 1.51. The Morgan fingerprint density at radius 3 is 2.60 bits per heavy atom. The van der Waals surface area contributed by atoms with Crippen LogP contribution in [0.2, 0.25) is 0 Å². The summed E-state index contributed by atoms with van der Waals surface area (Å²) >= 11 is 0. The summed E-state index contributed by atoms with van der Waals surface area (Å²) in [6.45, 7) is 11.4. The zero-order valence-corrected chi connectivity index (χ0v) is 10.4.